The van der Waals surface area contributed by atoms with Crippen molar-refractivity contribution in [1.82, 2.24) is 15.1 Å². The maximum absolute atomic E-state index is 12.5. The van der Waals surface area contributed by atoms with Crippen LogP contribution in [0.15, 0.2) is 24.3 Å². The molecule has 1 saturated heterocycles. The lowest BCUT2D eigenvalue weighted by Crippen LogP contribution is -2.48. The Morgan fingerprint density at radius 2 is 1.59 bits per heavy atom. The zero-order valence-electron chi connectivity index (χ0n) is 17.1. The van der Waals surface area contributed by atoms with Crippen molar-refractivity contribution >= 4 is 23.6 Å². The molecular weight excluding hydrogens is 370 g/mol. The number of nitrogens with zero attached hydrogens (tertiary/aromatic N) is 2. The molecule has 3 rings (SSSR count). The van der Waals surface area contributed by atoms with E-state index in [0.29, 0.717) is 24.2 Å². The van der Waals surface area contributed by atoms with Gasteiger partial charge in [-0.25, -0.2) is 0 Å². The number of imide groups is 1. The maximum atomic E-state index is 12.5. The second kappa shape index (κ2) is 9.20. The Morgan fingerprint density at radius 1 is 1.03 bits per heavy atom. The van der Waals surface area contributed by atoms with Crippen LogP contribution in [0.25, 0.3) is 0 Å². The molecule has 0 spiro atoms. The summed E-state index contributed by atoms with van der Waals surface area (Å²) in [5.74, 6) is -0.559. The summed E-state index contributed by atoms with van der Waals surface area (Å²) in [6, 6.07) is 6.73. The second-order valence-corrected chi connectivity index (χ2v) is 7.74. The van der Waals surface area contributed by atoms with E-state index in [4.69, 9.17) is 0 Å². The minimum atomic E-state index is -0.341. The lowest BCUT2D eigenvalue weighted by Gasteiger charge is -2.34. The molecule has 2 aliphatic rings. The Balaban J connectivity index is 1.44. The van der Waals surface area contributed by atoms with Gasteiger partial charge < -0.3 is 10.2 Å². The molecule has 0 saturated carbocycles. The first-order valence-electron chi connectivity index (χ1n) is 10.5. The fourth-order valence-corrected chi connectivity index (χ4v) is 4.10. The number of benzene rings is 1. The highest BCUT2D eigenvalue weighted by atomic mass is 16.2. The van der Waals surface area contributed by atoms with Crippen molar-refractivity contribution in [3.05, 3.63) is 35.4 Å². The van der Waals surface area contributed by atoms with Crippen LogP contribution < -0.4 is 5.32 Å². The summed E-state index contributed by atoms with van der Waals surface area (Å²) < 4.78 is 0. The first kappa shape index (κ1) is 21.0. The zero-order chi connectivity index (χ0) is 21.0. The van der Waals surface area contributed by atoms with E-state index in [1.807, 2.05) is 18.7 Å². The quantitative estimate of drug-likeness (QED) is 0.712. The third kappa shape index (κ3) is 4.49. The molecule has 0 unspecified atom stereocenters. The van der Waals surface area contributed by atoms with Crippen molar-refractivity contribution in [1.29, 1.82) is 0 Å². The highest BCUT2D eigenvalue weighted by Gasteiger charge is 2.35. The SMILES string of the molecule is CCC(CC)C(=O)N1CCC(NC(=O)CCN2C(=O)c3ccccc3C2=O)CC1. The minimum absolute atomic E-state index is 0.0235. The average molecular weight is 399 g/mol. The van der Waals surface area contributed by atoms with Crippen molar-refractivity contribution < 1.29 is 19.2 Å². The standard InChI is InChI=1S/C22H29N3O4/c1-3-15(4-2)20(27)24-12-9-16(10-13-24)23-19(26)11-14-25-21(28)17-7-5-6-8-18(17)22(25)29/h5-8,15-16H,3-4,9-14H2,1-2H3,(H,23,26). The molecule has 2 heterocycles. The van der Waals surface area contributed by atoms with Crippen molar-refractivity contribution in [3.8, 4) is 0 Å². The molecule has 29 heavy (non-hydrogen) atoms. The van der Waals surface area contributed by atoms with E-state index in [9.17, 15) is 19.2 Å². The normalized spacial score (nSPS) is 17.1. The predicted molar refractivity (Wildman–Crippen MR) is 108 cm³/mol. The summed E-state index contributed by atoms with van der Waals surface area (Å²) >= 11 is 0. The summed E-state index contributed by atoms with van der Waals surface area (Å²) in [5, 5.41) is 2.98. The van der Waals surface area contributed by atoms with Gasteiger partial charge in [0.2, 0.25) is 11.8 Å². The average Bonchev–Trinajstić information content (AvgIpc) is 2.98. The molecule has 0 radical (unpaired) electrons. The fraction of sp³-hybridized carbons (Fsp3) is 0.545. The number of piperidine rings is 1. The largest absolute Gasteiger partial charge is 0.353 e. The molecule has 0 aliphatic carbocycles. The zero-order valence-corrected chi connectivity index (χ0v) is 17.1. The van der Waals surface area contributed by atoms with Crippen LogP contribution in [0.5, 0.6) is 0 Å². The second-order valence-electron chi connectivity index (χ2n) is 7.74. The lowest BCUT2D eigenvalue weighted by molar-refractivity contribution is -0.137. The van der Waals surface area contributed by atoms with Crippen LogP contribution >= 0.6 is 0 Å². The summed E-state index contributed by atoms with van der Waals surface area (Å²) in [4.78, 5) is 52.5. The van der Waals surface area contributed by atoms with Crippen LogP contribution in [0.2, 0.25) is 0 Å². The van der Waals surface area contributed by atoms with E-state index in [2.05, 4.69) is 5.32 Å². The summed E-state index contributed by atoms with van der Waals surface area (Å²) in [6.45, 7) is 5.45. The van der Waals surface area contributed by atoms with Gasteiger partial charge in [0.25, 0.3) is 11.8 Å². The number of amides is 4. The van der Waals surface area contributed by atoms with Gasteiger partial charge in [0.1, 0.15) is 0 Å². The number of nitrogens with one attached hydrogen (secondary N) is 1. The lowest BCUT2D eigenvalue weighted by atomic mass is 9.98. The first-order valence-corrected chi connectivity index (χ1v) is 10.5. The van der Waals surface area contributed by atoms with Gasteiger partial charge in [0, 0.05) is 38.0 Å². The Bertz CT molecular complexity index is 760. The Morgan fingerprint density at radius 3 is 2.10 bits per heavy atom. The maximum Gasteiger partial charge on any atom is 0.261 e. The van der Waals surface area contributed by atoms with Gasteiger partial charge in [-0.05, 0) is 37.8 Å². The van der Waals surface area contributed by atoms with E-state index in [0.717, 1.165) is 30.6 Å². The van der Waals surface area contributed by atoms with Crippen molar-refractivity contribution in [2.24, 2.45) is 5.92 Å². The van der Waals surface area contributed by atoms with Gasteiger partial charge in [-0.15, -0.1) is 0 Å². The van der Waals surface area contributed by atoms with Gasteiger partial charge in [-0.3, -0.25) is 24.1 Å². The summed E-state index contributed by atoms with van der Waals surface area (Å²) in [7, 11) is 0. The molecule has 1 aromatic carbocycles. The molecule has 1 N–H and O–H groups in total. The molecule has 156 valence electrons. The summed E-state index contributed by atoms with van der Waals surface area (Å²) in [5.41, 5.74) is 0.791. The molecule has 7 nitrogen and oxygen atoms in total. The topological polar surface area (TPSA) is 86.8 Å². The van der Waals surface area contributed by atoms with Crippen LogP contribution in [0.4, 0.5) is 0 Å². The predicted octanol–water partition coefficient (Wildman–Crippen LogP) is 2.22. The van der Waals surface area contributed by atoms with E-state index in [1.54, 1.807) is 24.3 Å². The molecule has 0 aromatic heterocycles. The molecule has 1 fully saturated rings. The highest BCUT2D eigenvalue weighted by Crippen LogP contribution is 2.22. The van der Waals surface area contributed by atoms with Gasteiger partial charge >= 0.3 is 0 Å². The minimum Gasteiger partial charge on any atom is -0.353 e. The van der Waals surface area contributed by atoms with Crippen molar-refractivity contribution in [3.63, 3.8) is 0 Å². The number of carbonyl (C=O) groups is 4. The number of likely N-dealkylation sites (tertiary alicyclic amines) is 1. The Labute approximate surface area is 171 Å². The molecule has 4 amide bonds. The Hall–Kier alpha value is -2.70. The van der Waals surface area contributed by atoms with Crippen LogP contribution in [-0.2, 0) is 9.59 Å². The van der Waals surface area contributed by atoms with Crippen LogP contribution in [0, 0.1) is 5.92 Å². The van der Waals surface area contributed by atoms with Gasteiger partial charge in [0.15, 0.2) is 0 Å². The number of hydrogen-bond donors (Lipinski definition) is 1. The van der Waals surface area contributed by atoms with Crippen LogP contribution in [0.3, 0.4) is 0 Å². The van der Waals surface area contributed by atoms with E-state index < -0.39 is 0 Å². The third-order valence-corrected chi connectivity index (χ3v) is 5.95. The smallest absolute Gasteiger partial charge is 0.261 e. The Kier molecular flexibility index (Phi) is 6.67. The summed E-state index contributed by atoms with van der Waals surface area (Å²) in [6.07, 6.45) is 3.24. The molecular formula is C22H29N3O4. The molecule has 0 bridgehead atoms. The van der Waals surface area contributed by atoms with E-state index in [-0.39, 0.29) is 48.6 Å². The number of fused-ring (bicyclic) bond motifs is 1. The first-order chi connectivity index (χ1) is 14.0. The van der Waals surface area contributed by atoms with Gasteiger partial charge in [0.05, 0.1) is 11.1 Å². The van der Waals surface area contributed by atoms with Crippen LogP contribution in [0.1, 0.15) is 66.7 Å². The molecule has 7 heteroatoms. The van der Waals surface area contributed by atoms with Gasteiger partial charge in [-0.2, -0.15) is 0 Å². The van der Waals surface area contributed by atoms with Gasteiger partial charge in [-0.1, -0.05) is 26.0 Å². The van der Waals surface area contributed by atoms with E-state index >= 15 is 0 Å². The monoisotopic (exact) mass is 399 g/mol. The number of hydrogen-bond acceptors (Lipinski definition) is 4. The molecule has 2 aliphatic heterocycles. The molecule has 0 atom stereocenters. The van der Waals surface area contributed by atoms with Crippen molar-refractivity contribution in [2.75, 3.05) is 19.6 Å². The van der Waals surface area contributed by atoms with Crippen molar-refractivity contribution in [2.45, 2.75) is 52.0 Å². The van der Waals surface area contributed by atoms with E-state index in [1.165, 1.54) is 0 Å². The number of carbonyl (C=O) groups excluding carboxylic acids is 4. The fourth-order valence-electron chi connectivity index (χ4n) is 4.10. The van der Waals surface area contributed by atoms with Crippen LogP contribution in [-0.4, -0.2) is 59.1 Å². The molecule has 1 aromatic rings. The number of rotatable bonds is 7. The highest BCUT2D eigenvalue weighted by molar-refractivity contribution is 6.21. The third-order valence-electron chi connectivity index (χ3n) is 5.95.